The molecule has 3 fully saturated rings. The van der Waals surface area contributed by atoms with Gasteiger partial charge in [-0.05, 0) is 80.1 Å². The van der Waals surface area contributed by atoms with Gasteiger partial charge in [-0.3, -0.25) is 19.2 Å². The van der Waals surface area contributed by atoms with Crippen molar-refractivity contribution in [2.45, 2.75) is 72.3 Å². The van der Waals surface area contributed by atoms with Crippen LogP contribution in [0.4, 0.5) is 0 Å². The Bertz CT molecular complexity index is 1030. The fourth-order valence-corrected chi connectivity index (χ4v) is 8.57. The molecule has 0 unspecified atom stereocenters. The number of thioether (sulfide) groups is 1. The van der Waals surface area contributed by atoms with Crippen molar-refractivity contribution in [3.05, 3.63) is 23.5 Å². The minimum atomic E-state index is -0.775. The van der Waals surface area contributed by atoms with Crippen LogP contribution in [-0.4, -0.2) is 53.3 Å². The van der Waals surface area contributed by atoms with Gasteiger partial charge in [0, 0.05) is 24.3 Å². The molecule has 1 N–H and O–H groups in total. The minimum Gasteiger partial charge on any atom is -0.458 e. The number of ether oxygens (including phenoxy) is 2. The molecule has 0 bridgehead atoms. The maximum atomic E-state index is 13.2. The summed E-state index contributed by atoms with van der Waals surface area (Å²) in [5.41, 5.74) is -0.261. The molecule has 0 aromatic rings. The summed E-state index contributed by atoms with van der Waals surface area (Å²) in [6, 6.07) is 0. The Morgan fingerprint density at radius 1 is 1.16 bits per heavy atom. The molecule has 8 heteroatoms. The topological polar surface area (TPSA) is 107 Å². The number of allylic oxidation sites excluding steroid dienone is 3. The molecule has 0 aromatic carbocycles. The first-order valence-electron chi connectivity index (χ1n) is 13.5. The molecule has 0 aliphatic heterocycles. The van der Waals surface area contributed by atoms with Gasteiger partial charge in [-0.15, -0.1) is 0 Å². The third-order valence-corrected chi connectivity index (χ3v) is 10.2. The van der Waals surface area contributed by atoms with Gasteiger partial charge in [0.25, 0.3) is 0 Å². The van der Waals surface area contributed by atoms with E-state index in [2.05, 4.69) is 13.8 Å². The van der Waals surface area contributed by atoms with Gasteiger partial charge in [-0.2, -0.15) is 11.8 Å². The minimum absolute atomic E-state index is 0.0643. The molecule has 0 heterocycles. The van der Waals surface area contributed by atoms with Gasteiger partial charge in [0.1, 0.15) is 12.4 Å². The highest BCUT2D eigenvalue weighted by molar-refractivity contribution is 7.99. The predicted octanol–water partition coefficient (Wildman–Crippen LogP) is 4.27. The Morgan fingerprint density at radius 2 is 1.89 bits per heavy atom. The Balaban J connectivity index is 1.63. The number of hydrogen-bond acceptors (Lipinski definition) is 8. The van der Waals surface area contributed by atoms with Crippen molar-refractivity contribution in [1.82, 2.24) is 0 Å². The van der Waals surface area contributed by atoms with Crippen LogP contribution in [0.15, 0.2) is 23.5 Å². The maximum Gasteiger partial charge on any atom is 0.320 e. The maximum absolute atomic E-state index is 13.2. The zero-order chi connectivity index (χ0) is 27.1. The molecule has 4 aliphatic rings. The van der Waals surface area contributed by atoms with Crippen molar-refractivity contribution < 1.29 is 33.8 Å². The summed E-state index contributed by atoms with van der Waals surface area (Å²) in [4.78, 5) is 50.2. The normalized spacial score (nSPS) is 38.5. The Labute approximate surface area is 223 Å². The summed E-state index contributed by atoms with van der Waals surface area (Å²) in [6.45, 7) is 7.90. The Kier molecular flexibility index (Phi) is 8.11. The summed E-state index contributed by atoms with van der Waals surface area (Å²) in [7, 11) is 0. The number of ketones is 2. The van der Waals surface area contributed by atoms with E-state index < -0.39 is 22.9 Å². The lowest BCUT2D eigenvalue weighted by atomic mass is 9.44. The summed E-state index contributed by atoms with van der Waals surface area (Å²) in [5.74, 6) is -0.627. The quantitative estimate of drug-likeness (QED) is 0.462. The van der Waals surface area contributed by atoms with Crippen LogP contribution >= 0.6 is 11.8 Å². The van der Waals surface area contributed by atoms with E-state index in [1.54, 1.807) is 6.08 Å². The Morgan fingerprint density at radius 3 is 2.57 bits per heavy atom. The molecule has 4 aliphatic carbocycles. The molecular formula is C29H40O7S. The zero-order valence-corrected chi connectivity index (χ0v) is 23.4. The molecule has 204 valence electrons. The molecule has 37 heavy (non-hydrogen) atoms. The van der Waals surface area contributed by atoms with Gasteiger partial charge in [0.15, 0.2) is 11.6 Å². The smallest absolute Gasteiger partial charge is 0.320 e. The van der Waals surface area contributed by atoms with E-state index in [0.29, 0.717) is 31.4 Å². The molecule has 0 amide bonds. The van der Waals surface area contributed by atoms with Gasteiger partial charge < -0.3 is 14.6 Å². The summed E-state index contributed by atoms with van der Waals surface area (Å²) in [6.07, 6.45) is 7.95. The molecule has 4 rings (SSSR count). The van der Waals surface area contributed by atoms with Gasteiger partial charge in [0.05, 0.1) is 17.3 Å². The van der Waals surface area contributed by atoms with E-state index in [1.165, 1.54) is 17.8 Å². The van der Waals surface area contributed by atoms with E-state index in [9.17, 15) is 24.3 Å². The van der Waals surface area contributed by atoms with Crippen LogP contribution in [0, 0.1) is 40.4 Å². The van der Waals surface area contributed by atoms with Crippen molar-refractivity contribution in [3.8, 4) is 0 Å². The standard InChI is InChI=1S/C29H40O7S/c1-6-7-25(33)35-14-23(32)20-9-8-19-18-10-16(2)21-11-17(30)12-24(36-26(34)15-37-5)29(21,4)27(18)22(31)13-28(19,20)3/h11-12,16,18-20,22,27,31H,6-10,13-15H2,1-5H3/t16-,18-,19-,20+,22-,27+,28-,29+/m0/s1. The van der Waals surface area contributed by atoms with Crippen molar-refractivity contribution in [1.29, 1.82) is 0 Å². The number of rotatable bonds is 8. The van der Waals surface area contributed by atoms with Crippen LogP contribution < -0.4 is 0 Å². The van der Waals surface area contributed by atoms with Gasteiger partial charge in [0.2, 0.25) is 0 Å². The Hall–Kier alpha value is -1.93. The van der Waals surface area contributed by atoms with Crippen LogP contribution in [0.25, 0.3) is 0 Å². The van der Waals surface area contributed by atoms with Crippen molar-refractivity contribution in [3.63, 3.8) is 0 Å². The highest BCUT2D eigenvalue weighted by Gasteiger charge is 2.65. The number of carbonyl (C=O) groups is 4. The largest absolute Gasteiger partial charge is 0.458 e. The second-order valence-electron chi connectivity index (χ2n) is 11.8. The molecule has 0 saturated heterocycles. The SMILES string of the molecule is CCCC(=O)OCC(=O)[C@H]1CC[C@H]2[C@@H]3C[C@H](C)C4=CC(=O)C=C(OC(=O)CSC)[C@]4(C)[C@H]3[C@@H](O)C[C@]12C. The fourth-order valence-electron chi connectivity index (χ4n) is 8.27. The van der Waals surface area contributed by atoms with Crippen LogP contribution in [0.1, 0.15) is 66.2 Å². The second kappa shape index (κ2) is 10.7. The zero-order valence-electron chi connectivity index (χ0n) is 22.6. The highest BCUT2D eigenvalue weighted by Crippen LogP contribution is 2.68. The first kappa shape index (κ1) is 28.1. The molecule has 3 saturated carbocycles. The number of Topliss-reactive ketones (excluding diaryl/α,β-unsaturated/α-hetero) is 1. The van der Waals surface area contributed by atoms with E-state index >= 15 is 0 Å². The summed E-state index contributed by atoms with van der Waals surface area (Å²) >= 11 is 1.36. The van der Waals surface area contributed by atoms with E-state index in [-0.39, 0.29) is 59.5 Å². The highest BCUT2D eigenvalue weighted by atomic mass is 32.2. The van der Waals surface area contributed by atoms with Crippen molar-refractivity contribution >= 4 is 35.3 Å². The molecule has 0 spiro atoms. The summed E-state index contributed by atoms with van der Waals surface area (Å²) in [5, 5.41) is 11.7. The fraction of sp³-hybridized carbons (Fsp3) is 0.724. The number of hydrogen-bond donors (Lipinski definition) is 1. The molecule has 0 radical (unpaired) electrons. The summed E-state index contributed by atoms with van der Waals surface area (Å²) < 4.78 is 11.1. The third kappa shape index (κ3) is 4.84. The average molecular weight is 533 g/mol. The number of esters is 2. The van der Waals surface area contributed by atoms with E-state index in [1.807, 2.05) is 20.1 Å². The van der Waals surface area contributed by atoms with Crippen LogP contribution in [-0.2, 0) is 28.7 Å². The van der Waals surface area contributed by atoms with Crippen LogP contribution in [0.2, 0.25) is 0 Å². The van der Waals surface area contributed by atoms with Crippen LogP contribution in [0.5, 0.6) is 0 Å². The molecule has 7 nitrogen and oxygen atoms in total. The average Bonchev–Trinajstić information content (AvgIpc) is 3.16. The predicted molar refractivity (Wildman–Crippen MR) is 140 cm³/mol. The van der Waals surface area contributed by atoms with Crippen LogP contribution in [0.3, 0.4) is 0 Å². The van der Waals surface area contributed by atoms with Gasteiger partial charge >= 0.3 is 11.9 Å². The van der Waals surface area contributed by atoms with Crippen molar-refractivity contribution in [2.75, 3.05) is 18.6 Å². The molecule has 8 atom stereocenters. The van der Waals surface area contributed by atoms with Crippen molar-refractivity contribution in [2.24, 2.45) is 40.4 Å². The number of aliphatic hydroxyl groups is 1. The second-order valence-corrected chi connectivity index (χ2v) is 12.7. The van der Waals surface area contributed by atoms with Gasteiger partial charge in [-0.25, -0.2) is 0 Å². The van der Waals surface area contributed by atoms with Gasteiger partial charge in [-0.1, -0.05) is 20.8 Å². The number of aliphatic hydroxyl groups excluding tert-OH is 1. The lowest BCUT2D eigenvalue weighted by Gasteiger charge is -2.60. The first-order valence-corrected chi connectivity index (χ1v) is 14.9. The molecular weight excluding hydrogens is 492 g/mol. The monoisotopic (exact) mass is 532 g/mol. The number of fused-ring (bicyclic) bond motifs is 5. The molecule has 0 aromatic heterocycles. The van der Waals surface area contributed by atoms with E-state index in [4.69, 9.17) is 9.47 Å². The third-order valence-electron chi connectivity index (χ3n) is 9.66. The lowest BCUT2D eigenvalue weighted by molar-refractivity contribution is -0.157. The lowest BCUT2D eigenvalue weighted by Crippen LogP contribution is -2.59. The first-order chi connectivity index (χ1) is 17.5. The van der Waals surface area contributed by atoms with E-state index in [0.717, 1.165) is 18.4 Å². The number of carbonyl (C=O) groups excluding carboxylic acids is 4.